The zero-order chi connectivity index (χ0) is 18.3. The van der Waals surface area contributed by atoms with E-state index < -0.39 is 5.91 Å². The molecule has 26 heavy (non-hydrogen) atoms. The van der Waals surface area contributed by atoms with Crippen molar-refractivity contribution < 1.29 is 4.79 Å². The Morgan fingerprint density at radius 1 is 1.31 bits per heavy atom. The number of amides is 1. The Balaban J connectivity index is 1.61. The fraction of sp³-hybridized carbons (Fsp3) is 0.294. The summed E-state index contributed by atoms with van der Waals surface area (Å²) < 4.78 is 1.65. The van der Waals surface area contributed by atoms with E-state index in [1.54, 1.807) is 16.9 Å². The number of benzene rings is 1. The highest BCUT2D eigenvalue weighted by Crippen LogP contribution is 2.31. The quantitative estimate of drug-likeness (QED) is 0.739. The standard InChI is InChI=1S/C17H16Cl2N6O/c18-10-6-13(19)12-3-4-16(21-14(12)7-10)25-5-1-2-11(25)8-24-9-15(17(20)26)22-23-24/h3-4,6-7,9,11H,1-2,5,8H2,(H2,20,26)/t11-/m1/s1. The van der Waals surface area contributed by atoms with Crippen LogP contribution in [0.2, 0.25) is 10.0 Å². The van der Waals surface area contributed by atoms with Crippen LogP contribution in [0.1, 0.15) is 23.3 Å². The number of hydrogen-bond donors (Lipinski definition) is 1. The van der Waals surface area contributed by atoms with Gasteiger partial charge in [0.05, 0.1) is 29.3 Å². The highest BCUT2D eigenvalue weighted by Gasteiger charge is 2.27. The fourth-order valence-electron chi connectivity index (χ4n) is 3.35. The predicted molar refractivity (Wildman–Crippen MR) is 101 cm³/mol. The molecule has 4 rings (SSSR count). The lowest BCUT2D eigenvalue weighted by molar-refractivity contribution is 0.0995. The van der Waals surface area contributed by atoms with Crippen molar-refractivity contribution in [2.45, 2.75) is 25.4 Å². The van der Waals surface area contributed by atoms with E-state index in [9.17, 15) is 4.79 Å². The molecule has 1 aliphatic heterocycles. The summed E-state index contributed by atoms with van der Waals surface area (Å²) in [5.41, 5.74) is 6.17. The van der Waals surface area contributed by atoms with Crippen molar-refractivity contribution in [3.63, 3.8) is 0 Å². The molecule has 1 saturated heterocycles. The van der Waals surface area contributed by atoms with Gasteiger partial charge in [-0.1, -0.05) is 28.4 Å². The van der Waals surface area contributed by atoms with E-state index >= 15 is 0 Å². The second kappa shape index (κ2) is 6.74. The van der Waals surface area contributed by atoms with Gasteiger partial charge >= 0.3 is 0 Å². The monoisotopic (exact) mass is 390 g/mol. The first-order valence-electron chi connectivity index (χ1n) is 8.23. The van der Waals surface area contributed by atoms with Crippen molar-refractivity contribution in [3.8, 4) is 0 Å². The molecule has 1 aromatic carbocycles. The van der Waals surface area contributed by atoms with Crippen LogP contribution in [0.15, 0.2) is 30.5 Å². The number of aromatic nitrogens is 4. The Hall–Kier alpha value is -2.38. The molecule has 1 amide bonds. The molecule has 134 valence electrons. The van der Waals surface area contributed by atoms with Crippen LogP contribution in [-0.2, 0) is 6.54 Å². The average molecular weight is 391 g/mol. The average Bonchev–Trinajstić information content (AvgIpc) is 3.24. The molecule has 0 radical (unpaired) electrons. The zero-order valence-electron chi connectivity index (χ0n) is 13.8. The molecule has 9 heteroatoms. The number of primary amides is 1. The molecule has 7 nitrogen and oxygen atoms in total. The molecular formula is C17H16Cl2N6O. The Bertz CT molecular complexity index is 989. The molecule has 0 spiro atoms. The molecule has 2 aromatic heterocycles. The number of halogens is 2. The molecule has 0 unspecified atom stereocenters. The number of anilines is 1. The van der Waals surface area contributed by atoms with Crippen molar-refractivity contribution in [2.75, 3.05) is 11.4 Å². The first-order valence-corrected chi connectivity index (χ1v) is 8.99. The van der Waals surface area contributed by atoms with Crippen LogP contribution < -0.4 is 10.6 Å². The zero-order valence-corrected chi connectivity index (χ0v) is 15.3. The second-order valence-electron chi connectivity index (χ2n) is 6.30. The van der Waals surface area contributed by atoms with Crippen molar-refractivity contribution in [1.29, 1.82) is 0 Å². The Morgan fingerprint density at radius 3 is 2.92 bits per heavy atom. The van der Waals surface area contributed by atoms with E-state index in [4.69, 9.17) is 33.9 Å². The molecular weight excluding hydrogens is 375 g/mol. The summed E-state index contributed by atoms with van der Waals surface area (Å²) in [7, 11) is 0. The Kier molecular flexibility index (Phi) is 4.42. The van der Waals surface area contributed by atoms with Crippen LogP contribution in [0, 0.1) is 0 Å². The number of pyridine rings is 1. The van der Waals surface area contributed by atoms with Crippen LogP contribution in [0.4, 0.5) is 5.82 Å². The van der Waals surface area contributed by atoms with Gasteiger partial charge in [0.1, 0.15) is 5.82 Å². The van der Waals surface area contributed by atoms with Crippen molar-refractivity contribution >= 4 is 45.8 Å². The first kappa shape index (κ1) is 17.1. The van der Waals surface area contributed by atoms with Crippen molar-refractivity contribution in [3.05, 3.63) is 46.2 Å². The maximum absolute atomic E-state index is 11.2. The summed E-state index contributed by atoms with van der Waals surface area (Å²) in [6.45, 7) is 1.51. The van der Waals surface area contributed by atoms with Gasteiger partial charge in [0.25, 0.3) is 5.91 Å². The van der Waals surface area contributed by atoms with Gasteiger partial charge in [0.2, 0.25) is 0 Å². The minimum absolute atomic E-state index is 0.169. The smallest absolute Gasteiger partial charge is 0.270 e. The summed E-state index contributed by atoms with van der Waals surface area (Å²) in [5, 5.41) is 9.80. The number of rotatable bonds is 4. The number of hydrogen-bond acceptors (Lipinski definition) is 5. The van der Waals surface area contributed by atoms with E-state index in [-0.39, 0.29) is 11.7 Å². The largest absolute Gasteiger partial charge is 0.364 e. The highest BCUT2D eigenvalue weighted by atomic mass is 35.5. The summed E-state index contributed by atoms with van der Waals surface area (Å²) in [6.07, 6.45) is 3.63. The van der Waals surface area contributed by atoms with Crippen LogP contribution in [0.25, 0.3) is 10.9 Å². The molecule has 2 N–H and O–H groups in total. The highest BCUT2D eigenvalue weighted by molar-refractivity contribution is 6.38. The Morgan fingerprint density at radius 2 is 2.15 bits per heavy atom. The summed E-state index contributed by atoms with van der Waals surface area (Å²) in [4.78, 5) is 18.2. The molecule has 1 fully saturated rings. The van der Waals surface area contributed by atoms with Gasteiger partial charge in [-0.3, -0.25) is 4.79 Å². The Labute approximate surface area is 159 Å². The normalized spacial score (nSPS) is 17.2. The van der Waals surface area contributed by atoms with E-state index in [2.05, 4.69) is 15.2 Å². The van der Waals surface area contributed by atoms with Gasteiger partial charge < -0.3 is 10.6 Å². The van der Waals surface area contributed by atoms with Crippen molar-refractivity contribution in [2.24, 2.45) is 5.73 Å². The van der Waals surface area contributed by atoms with Crippen LogP contribution >= 0.6 is 23.2 Å². The van der Waals surface area contributed by atoms with E-state index in [0.29, 0.717) is 16.6 Å². The molecule has 0 aliphatic carbocycles. The topological polar surface area (TPSA) is 89.9 Å². The summed E-state index contributed by atoms with van der Waals surface area (Å²) in [5.74, 6) is 0.290. The molecule has 3 aromatic rings. The number of fused-ring (bicyclic) bond motifs is 1. The minimum atomic E-state index is -0.579. The van der Waals surface area contributed by atoms with Gasteiger partial charge in [-0.05, 0) is 37.1 Å². The van der Waals surface area contributed by atoms with Gasteiger partial charge in [-0.15, -0.1) is 5.10 Å². The number of carbonyl (C=O) groups is 1. The van der Waals surface area contributed by atoms with E-state index in [0.717, 1.165) is 36.1 Å². The van der Waals surface area contributed by atoms with Crippen LogP contribution in [0.5, 0.6) is 0 Å². The van der Waals surface area contributed by atoms with E-state index in [1.165, 1.54) is 0 Å². The number of nitrogens with zero attached hydrogens (tertiary/aromatic N) is 5. The third kappa shape index (κ3) is 3.20. The maximum Gasteiger partial charge on any atom is 0.270 e. The van der Waals surface area contributed by atoms with Crippen LogP contribution in [0.3, 0.4) is 0 Å². The SMILES string of the molecule is NC(=O)c1cn(C[C@H]2CCCN2c2ccc3c(Cl)cc(Cl)cc3n2)nn1. The van der Waals surface area contributed by atoms with Gasteiger partial charge in [-0.25, -0.2) is 9.67 Å². The minimum Gasteiger partial charge on any atom is -0.364 e. The third-order valence-electron chi connectivity index (χ3n) is 4.57. The van der Waals surface area contributed by atoms with Crippen LogP contribution in [-0.4, -0.2) is 38.5 Å². The molecule has 1 atom stereocenters. The molecule has 1 aliphatic rings. The van der Waals surface area contributed by atoms with Gasteiger partial charge in [0.15, 0.2) is 5.69 Å². The molecule has 0 saturated carbocycles. The third-order valence-corrected chi connectivity index (χ3v) is 5.10. The maximum atomic E-state index is 11.2. The molecule has 0 bridgehead atoms. The number of nitrogens with two attached hydrogens (primary N) is 1. The van der Waals surface area contributed by atoms with Gasteiger partial charge in [-0.2, -0.15) is 0 Å². The summed E-state index contributed by atoms with van der Waals surface area (Å²) >= 11 is 12.3. The van der Waals surface area contributed by atoms with Crippen molar-refractivity contribution in [1.82, 2.24) is 20.0 Å². The predicted octanol–water partition coefficient (Wildman–Crippen LogP) is 2.90. The number of carbonyl (C=O) groups excluding carboxylic acids is 1. The molecule has 3 heterocycles. The lowest BCUT2D eigenvalue weighted by Gasteiger charge is -2.25. The second-order valence-corrected chi connectivity index (χ2v) is 7.15. The van der Waals surface area contributed by atoms with Gasteiger partial charge in [0, 0.05) is 17.0 Å². The van der Waals surface area contributed by atoms with E-state index in [1.807, 2.05) is 18.2 Å². The lowest BCUT2D eigenvalue weighted by Crippen LogP contribution is -2.33. The lowest BCUT2D eigenvalue weighted by atomic mass is 10.2. The first-order chi connectivity index (χ1) is 12.5. The fourth-order valence-corrected chi connectivity index (χ4v) is 3.90. The summed E-state index contributed by atoms with van der Waals surface area (Å²) in [6, 6.07) is 7.67.